The van der Waals surface area contributed by atoms with Gasteiger partial charge < -0.3 is 16.2 Å². The standard InChI is InChI=1S/C13H11N3O3/c14-9-3-1-2-4-10(9)16-12(17)11-6-5-8(7-15-11)13(18)19/h1-7H,14H2,(H,16,17)(H,18,19). The fraction of sp³-hybridized carbons (Fsp3) is 0. The van der Waals surface area contributed by atoms with Crippen molar-refractivity contribution in [3.63, 3.8) is 0 Å². The summed E-state index contributed by atoms with van der Waals surface area (Å²) < 4.78 is 0. The minimum Gasteiger partial charge on any atom is -0.478 e. The molecule has 0 radical (unpaired) electrons. The van der Waals surface area contributed by atoms with Crippen molar-refractivity contribution in [1.82, 2.24) is 4.98 Å². The van der Waals surface area contributed by atoms with Crippen LogP contribution in [0.15, 0.2) is 42.6 Å². The highest BCUT2D eigenvalue weighted by Gasteiger charge is 2.10. The van der Waals surface area contributed by atoms with Crippen LogP contribution >= 0.6 is 0 Å². The van der Waals surface area contributed by atoms with Gasteiger partial charge in [-0.3, -0.25) is 9.78 Å². The van der Waals surface area contributed by atoms with Gasteiger partial charge in [-0.15, -0.1) is 0 Å². The number of carbonyl (C=O) groups is 2. The third kappa shape index (κ3) is 2.86. The SMILES string of the molecule is Nc1ccccc1NC(=O)c1ccc(C(=O)O)cn1. The molecule has 0 saturated carbocycles. The molecule has 2 aromatic rings. The van der Waals surface area contributed by atoms with Crippen molar-refractivity contribution in [3.8, 4) is 0 Å². The van der Waals surface area contributed by atoms with E-state index in [1.54, 1.807) is 24.3 Å². The van der Waals surface area contributed by atoms with Gasteiger partial charge in [-0.2, -0.15) is 0 Å². The number of benzene rings is 1. The smallest absolute Gasteiger partial charge is 0.337 e. The van der Waals surface area contributed by atoms with Gasteiger partial charge in [0.2, 0.25) is 0 Å². The van der Waals surface area contributed by atoms with Crippen LogP contribution in [0.4, 0.5) is 11.4 Å². The first-order valence-electron chi connectivity index (χ1n) is 5.43. The maximum absolute atomic E-state index is 11.9. The van der Waals surface area contributed by atoms with Gasteiger partial charge in [-0.25, -0.2) is 4.79 Å². The molecule has 0 aliphatic rings. The van der Waals surface area contributed by atoms with Crippen molar-refractivity contribution < 1.29 is 14.7 Å². The molecule has 1 aromatic heterocycles. The number of nitrogens with one attached hydrogen (secondary N) is 1. The number of hydrogen-bond acceptors (Lipinski definition) is 4. The van der Waals surface area contributed by atoms with Gasteiger partial charge in [-0.05, 0) is 24.3 Å². The molecule has 4 N–H and O–H groups in total. The molecule has 0 fully saturated rings. The minimum absolute atomic E-state index is 0.0239. The van der Waals surface area contributed by atoms with Crippen LogP contribution in [-0.2, 0) is 0 Å². The molecule has 0 aliphatic carbocycles. The Hall–Kier alpha value is -2.89. The predicted molar refractivity (Wildman–Crippen MR) is 70.0 cm³/mol. The minimum atomic E-state index is -1.09. The maximum Gasteiger partial charge on any atom is 0.337 e. The van der Waals surface area contributed by atoms with Crippen LogP contribution in [0.25, 0.3) is 0 Å². The molecule has 6 heteroatoms. The molecule has 0 aliphatic heterocycles. The Kier molecular flexibility index (Phi) is 3.42. The summed E-state index contributed by atoms with van der Waals surface area (Å²) in [5.74, 6) is -1.54. The Balaban J connectivity index is 2.16. The van der Waals surface area contributed by atoms with Gasteiger partial charge in [0.05, 0.1) is 16.9 Å². The number of amides is 1. The van der Waals surface area contributed by atoms with E-state index in [0.29, 0.717) is 11.4 Å². The Morgan fingerprint density at radius 1 is 1.16 bits per heavy atom. The molecule has 0 atom stereocenters. The number of hydrogen-bond donors (Lipinski definition) is 3. The number of pyridine rings is 1. The van der Waals surface area contributed by atoms with E-state index >= 15 is 0 Å². The van der Waals surface area contributed by atoms with E-state index in [2.05, 4.69) is 10.3 Å². The maximum atomic E-state index is 11.9. The van der Waals surface area contributed by atoms with Crippen molar-refractivity contribution >= 4 is 23.3 Å². The van der Waals surface area contributed by atoms with Crippen LogP contribution in [0, 0.1) is 0 Å². The van der Waals surface area contributed by atoms with E-state index in [1.165, 1.54) is 12.1 Å². The van der Waals surface area contributed by atoms with Gasteiger partial charge in [-0.1, -0.05) is 12.1 Å². The molecule has 0 bridgehead atoms. The van der Waals surface area contributed by atoms with Crippen LogP contribution in [-0.4, -0.2) is 22.0 Å². The lowest BCUT2D eigenvalue weighted by atomic mass is 10.2. The number of nitrogens with zero attached hydrogens (tertiary/aromatic N) is 1. The molecule has 19 heavy (non-hydrogen) atoms. The largest absolute Gasteiger partial charge is 0.478 e. The predicted octanol–water partition coefficient (Wildman–Crippen LogP) is 1.61. The van der Waals surface area contributed by atoms with E-state index in [0.717, 1.165) is 6.20 Å². The quantitative estimate of drug-likeness (QED) is 0.724. The first kappa shape index (κ1) is 12.6. The van der Waals surface area contributed by atoms with Crippen LogP contribution < -0.4 is 11.1 Å². The van der Waals surface area contributed by atoms with Crippen LogP contribution in [0.3, 0.4) is 0 Å². The molecular weight excluding hydrogens is 246 g/mol. The molecule has 1 heterocycles. The second-order valence-electron chi connectivity index (χ2n) is 3.78. The number of carboxylic acid groups (broad SMARTS) is 1. The number of aromatic carboxylic acids is 1. The van der Waals surface area contributed by atoms with Crippen molar-refractivity contribution in [2.24, 2.45) is 0 Å². The normalized spacial score (nSPS) is 9.89. The molecular formula is C13H11N3O3. The van der Waals surface area contributed by atoms with E-state index in [4.69, 9.17) is 10.8 Å². The molecule has 0 unspecified atom stereocenters. The summed E-state index contributed by atoms with van der Waals surface area (Å²) in [7, 11) is 0. The lowest BCUT2D eigenvalue weighted by Crippen LogP contribution is -2.15. The second kappa shape index (κ2) is 5.18. The average Bonchev–Trinajstić information content (AvgIpc) is 2.41. The van der Waals surface area contributed by atoms with Crippen molar-refractivity contribution in [2.75, 3.05) is 11.1 Å². The number of carbonyl (C=O) groups excluding carboxylic acids is 1. The van der Waals surface area contributed by atoms with E-state index < -0.39 is 11.9 Å². The van der Waals surface area contributed by atoms with Crippen LogP contribution in [0.1, 0.15) is 20.8 Å². The van der Waals surface area contributed by atoms with Gasteiger partial charge in [0.15, 0.2) is 0 Å². The molecule has 2 rings (SSSR count). The molecule has 6 nitrogen and oxygen atoms in total. The summed E-state index contributed by atoms with van der Waals surface area (Å²) >= 11 is 0. The number of para-hydroxylation sites is 2. The van der Waals surface area contributed by atoms with E-state index in [9.17, 15) is 9.59 Å². The lowest BCUT2D eigenvalue weighted by molar-refractivity contribution is 0.0696. The van der Waals surface area contributed by atoms with Crippen LogP contribution in [0.2, 0.25) is 0 Å². The van der Waals surface area contributed by atoms with Crippen molar-refractivity contribution in [2.45, 2.75) is 0 Å². The number of carboxylic acids is 1. The first-order chi connectivity index (χ1) is 9.08. The highest BCUT2D eigenvalue weighted by molar-refractivity contribution is 6.04. The second-order valence-corrected chi connectivity index (χ2v) is 3.78. The summed E-state index contributed by atoms with van der Waals surface area (Å²) in [5, 5.41) is 11.3. The third-order valence-electron chi connectivity index (χ3n) is 2.45. The number of nitrogens with two attached hydrogens (primary N) is 1. The van der Waals surface area contributed by atoms with E-state index in [1.807, 2.05) is 0 Å². The molecule has 0 spiro atoms. The molecule has 1 amide bonds. The zero-order valence-electron chi connectivity index (χ0n) is 9.83. The van der Waals surface area contributed by atoms with Crippen LogP contribution in [0.5, 0.6) is 0 Å². The fourth-order valence-corrected chi connectivity index (χ4v) is 1.45. The molecule has 96 valence electrons. The molecule has 1 aromatic carbocycles. The highest BCUT2D eigenvalue weighted by Crippen LogP contribution is 2.17. The lowest BCUT2D eigenvalue weighted by Gasteiger charge is -2.07. The first-order valence-corrected chi connectivity index (χ1v) is 5.43. The molecule has 0 saturated heterocycles. The van der Waals surface area contributed by atoms with Gasteiger partial charge in [0.25, 0.3) is 5.91 Å². The number of aromatic nitrogens is 1. The third-order valence-corrected chi connectivity index (χ3v) is 2.45. The Morgan fingerprint density at radius 3 is 2.47 bits per heavy atom. The van der Waals surface area contributed by atoms with Crippen molar-refractivity contribution in [3.05, 3.63) is 53.9 Å². The Labute approximate surface area is 108 Å². The monoisotopic (exact) mass is 257 g/mol. The fourth-order valence-electron chi connectivity index (χ4n) is 1.45. The van der Waals surface area contributed by atoms with Gasteiger partial charge >= 0.3 is 5.97 Å². The summed E-state index contributed by atoms with van der Waals surface area (Å²) in [6.45, 7) is 0. The summed E-state index contributed by atoms with van der Waals surface area (Å²) in [4.78, 5) is 26.3. The van der Waals surface area contributed by atoms with Crippen molar-refractivity contribution in [1.29, 1.82) is 0 Å². The topological polar surface area (TPSA) is 105 Å². The zero-order chi connectivity index (χ0) is 13.8. The highest BCUT2D eigenvalue weighted by atomic mass is 16.4. The Morgan fingerprint density at radius 2 is 1.89 bits per heavy atom. The summed E-state index contributed by atoms with van der Waals surface area (Å²) in [5.41, 5.74) is 6.77. The summed E-state index contributed by atoms with van der Waals surface area (Å²) in [6, 6.07) is 9.49. The number of nitrogen functional groups attached to an aromatic ring is 1. The average molecular weight is 257 g/mol. The van der Waals surface area contributed by atoms with Gasteiger partial charge in [0, 0.05) is 6.20 Å². The number of anilines is 2. The number of rotatable bonds is 3. The Bertz CT molecular complexity index is 623. The summed E-state index contributed by atoms with van der Waals surface area (Å²) in [6.07, 6.45) is 1.13. The van der Waals surface area contributed by atoms with Gasteiger partial charge in [0.1, 0.15) is 5.69 Å². The zero-order valence-corrected chi connectivity index (χ0v) is 9.83. The van der Waals surface area contributed by atoms with E-state index in [-0.39, 0.29) is 11.3 Å².